The zero-order valence-electron chi connectivity index (χ0n) is 50.5. The van der Waals surface area contributed by atoms with Gasteiger partial charge in [-0.25, -0.2) is 154 Å². The molecule has 0 heterocycles. The van der Waals surface area contributed by atoms with Crippen LogP contribution in [0.5, 0.6) is 0 Å². The number of sulfone groups is 1. The number of nitrogens with zero attached hydrogens (tertiary/aromatic N) is 1. The Bertz CT molecular complexity index is 5260. The molecule has 44 heteroatoms. The van der Waals surface area contributed by atoms with Gasteiger partial charge in [0.1, 0.15) is 36.8 Å². The van der Waals surface area contributed by atoms with E-state index in [-0.39, 0.29) is 4.90 Å². The van der Waals surface area contributed by atoms with Gasteiger partial charge in [0.25, 0.3) is 6.71 Å². The monoisotopic (exact) mass is 1570 g/mol. The van der Waals surface area contributed by atoms with Gasteiger partial charge < -0.3 is 0 Å². The molecule has 0 atom stereocenters. The fourth-order valence-corrected chi connectivity index (χ4v) is 11.0. The lowest BCUT2D eigenvalue weighted by Crippen LogP contribution is -2.58. The third-order valence-corrected chi connectivity index (χ3v) is 17.0. The van der Waals surface area contributed by atoms with Gasteiger partial charge in [0.2, 0.25) is 15.8 Å². The number of nitriles is 1. The molecule has 0 unspecified atom stereocenters. The first-order valence-corrected chi connectivity index (χ1v) is 31.3. The van der Waals surface area contributed by atoms with E-state index in [2.05, 4.69) is 0 Å². The van der Waals surface area contributed by atoms with Crippen LogP contribution in [0.2, 0.25) is 0 Å². The third-order valence-electron chi connectivity index (χ3n) is 14.3. The molecule has 0 saturated heterocycles. The van der Waals surface area contributed by atoms with E-state index in [4.69, 9.17) is 41.8 Å². The number of primary sulfonamides is 1. The molecule has 6 nitrogen and oxygen atoms in total. The van der Waals surface area contributed by atoms with Crippen LogP contribution in [0, 0.1) is 185 Å². The second-order valence-corrected chi connectivity index (χ2v) is 25.2. The summed E-state index contributed by atoms with van der Waals surface area (Å²) >= 11 is 1.13. The van der Waals surface area contributed by atoms with Gasteiger partial charge in [0.05, 0.1) is 31.5 Å². The third kappa shape index (κ3) is 15.3. The number of thioether (sulfide) groups is 1. The molecular weight excluding hydrogens is 1560 g/mol. The Kier molecular flexibility index (Phi) is 24.9. The molecule has 0 bridgehead atoms. The summed E-state index contributed by atoms with van der Waals surface area (Å²) in [5, 5.41) is -1.03. The summed E-state index contributed by atoms with van der Waals surface area (Å²) in [5.74, 6) is -88.9. The number of fused-ring (bicyclic) bond motifs is 3. The van der Waals surface area contributed by atoms with Gasteiger partial charge in [-0.05, 0) is 70.0 Å². The zero-order valence-corrected chi connectivity index (χ0v) is 53.0. The van der Waals surface area contributed by atoms with Crippen molar-refractivity contribution < 1.29 is 149 Å². The second kappa shape index (κ2) is 31.7. The maximum atomic E-state index is 15.9. The fraction of sp³-hybridized carbons (Fsp3) is 0.0161. The number of benzene rings is 11. The minimum absolute atomic E-state index is 0.0756. The minimum Gasteiger partial charge on any atom is -0.225 e. The number of rotatable bonds is 7. The van der Waals surface area contributed by atoms with Crippen LogP contribution < -0.4 is 43.4 Å². The quantitative estimate of drug-likeness (QED) is 0.0424. The molecule has 0 spiro atoms. The van der Waals surface area contributed by atoms with Crippen molar-refractivity contribution in [1.82, 2.24) is 0 Å². The van der Waals surface area contributed by atoms with Gasteiger partial charge in [0.15, 0.2) is 179 Å². The second-order valence-electron chi connectivity index (χ2n) is 20.7. The summed E-state index contributed by atoms with van der Waals surface area (Å²) in [5.41, 5.74) is -12.3. The number of halogens is 30. The molecule has 0 amide bonds. The Morgan fingerprint density at radius 3 is 0.783 bits per heavy atom. The van der Waals surface area contributed by atoms with E-state index in [1.54, 1.807) is 24.3 Å². The maximum Gasteiger partial charge on any atom is 0.255 e. The first-order valence-electron chi connectivity index (χ1n) is 27.0. The molecule has 106 heavy (non-hydrogen) atoms. The van der Waals surface area contributed by atoms with Crippen molar-refractivity contribution >= 4 is 140 Å². The normalized spacial score (nSPS) is 11.3. The molecule has 0 saturated carbocycles. The average Bonchev–Trinajstić information content (AvgIpc) is 0.701. The van der Waals surface area contributed by atoms with Crippen LogP contribution in [0.1, 0.15) is 0 Å². The molecule has 0 aromatic heterocycles. The fourth-order valence-electron chi connectivity index (χ4n) is 9.50. The summed E-state index contributed by atoms with van der Waals surface area (Å²) in [6.45, 7) is -4.40. The lowest BCUT2D eigenvalue weighted by molar-refractivity contribution is 0.379. The van der Waals surface area contributed by atoms with Gasteiger partial charge >= 0.3 is 0 Å². The lowest BCUT2D eigenvalue weighted by atomic mass is 9.34. The summed E-state index contributed by atoms with van der Waals surface area (Å²) in [6, 6.07) is 19.0. The van der Waals surface area contributed by atoms with Crippen molar-refractivity contribution in [3.63, 3.8) is 0 Å². The van der Waals surface area contributed by atoms with E-state index in [1.807, 2.05) is 17.5 Å². The highest BCUT2D eigenvalue weighted by molar-refractivity contribution is 8.03. The summed E-state index contributed by atoms with van der Waals surface area (Å²) < 4.78 is 477. The first kappa shape index (κ1) is 83.4. The van der Waals surface area contributed by atoms with Crippen molar-refractivity contribution in [1.29, 1.82) is 5.26 Å². The lowest BCUT2D eigenvalue weighted by Gasteiger charge is -2.25. The van der Waals surface area contributed by atoms with Gasteiger partial charge in [-0.3, -0.25) is 0 Å². The Balaban J connectivity index is 0.000000233. The van der Waals surface area contributed by atoms with Crippen molar-refractivity contribution in [3.8, 4) is 16.5 Å². The van der Waals surface area contributed by atoms with E-state index >= 15 is 39.5 Å². The van der Waals surface area contributed by atoms with E-state index in [0.29, 0.717) is 15.8 Å². The topological polar surface area (TPSA) is 118 Å². The predicted molar refractivity (Wildman–Crippen MR) is 324 cm³/mol. The van der Waals surface area contributed by atoms with E-state index in [9.17, 15) is 109 Å². The van der Waals surface area contributed by atoms with Crippen LogP contribution in [0.25, 0.3) is 43.4 Å². The first-order chi connectivity index (χ1) is 49.1. The van der Waals surface area contributed by atoms with Crippen LogP contribution in [0.4, 0.5) is 132 Å². The molecule has 0 aliphatic rings. The Hall–Kier alpha value is -9.88. The van der Waals surface area contributed by atoms with Gasteiger partial charge in [0, 0.05) is 32.9 Å². The molecule has 2 N–H and O–H groups in total. The molecular formula is C62H17B5F30N2O4S3. The highest BCUT2D eigenvalue weighted by Crippen LogP contribution is 2.39. The molecule has 11 rings (SSSR count). The van der Waals surface area contributed by atoms with Crippen LogP contribution in [0.15, 0.2) is 87.5 Å². The Labute approximate surface area is 581 Å². The average molecular weight is 1570 g/mol. The molecule has 0 aliphatic carbocycles. The highest BCUT2D eigenvalue weighted by Gasteiger charge is 2.46. The van der Waals surface area contributed by atoms with Crippen LogP contribution in [-0.4, -0.2) is 61.2 Å². The van der Waals surface area contributed by atoms with Gasteiger partial charge in [-0.2, -0.15) is 5.26 Å². The zero-order chi connectivity index (χ0) is 80.2. The van der Waals surface area contributed by atoms with E-state index in [1.165, 1.54) is 42.7 Å². The Morgan fingerprint density at radius 1 is 0.302 bits per heavy atom. The number of hydrogen-bond acceptors (Lipinski definition) is 6. The highest BCUT2D eigenvalue weighted by atomic mass is 32.2. The van der Waals surface area contributed by atoms with Crippen molar-refractivity contribution in [2.24, 2.45) is 5.14 Å². The van der Waals surface area contributed by atoms with E-state index in [0.717, 1.165) is 22.1 Å². The minimum atomic E-state index is -4.40. The summed E-state index contributed by atoms with van der Waals surface area (Å²) in [7, 11) is 14.4. The van der Waals surface area contributed by atoms with Crippen LogP contribution >= 0.6 is 11.8 Å². The molecule has 542 valence electrons. The number of thiocyanates is 1. The molecule has 11 aromatic carbocycles. The molecule has 8 radical (unpaired) electrons. The van der Waals surface area contributed by atoms with Crippen molar-refractivity contribution in [2.75, 3.05) is 6.26 Å². The number of nitrogens with two attached hydrogens (primary N) is 1. The summed E-state index contributed by atoms with van der Waals surface area (Å²) in [4.78, 5) is 1.30. The van der Waals surface area contributed by atoms with Crippen LogP contribution in [-0.2, 0) is 19.9 Å². The van der Waals surface area contributed by atoms with Gasteiger partial charge in [-0.15, -0.1) is 0 Å². The van der Waals surface area contributed by atoms with Crippen molar-refractivity contribution in [3.05, 3.63) is 247 Å². The largest absolute Gasteiger partial charge is 0.255 e. The SMILES string of the molecule is Fc1c(F)c(F)c2c(B(c3c(F)c(F)c(F)c4c(F)c(F)c(F)c(F)c34)c3c(F)c(F)c(F)c4c(F)c(F)c(F)c(F)c34)c(F)c(F)c(F)c2c1F.[B]c1c(F)c(F)c(F)c(F)c1-c1c(F)c(F)c(F)c(F)c1F.[B]c1ccc(S(C)(=O)=O)cc1.[B]c1ccc(S(N)(=O)=O)cc1.[B]c1ccc(SC#N)cc1. The smallest absolute Gasteiger partial charge is 0.225 e. The molecule has 0 aliphatic heterocycles. The molecule has 11 aromatic rings. The maximum absolute atomic E-state index is 15.9. The summed E-state index contributed by atoms with van der Waals surface area (Å²) in [6.07, 6.45) is 1.17. The standard InChI is InChI=1S/C30BF21.C12BF9.C7H4BNS.C7H7BO2S.C6H6BNO2S/c32-10-1-4(16(38)28(50)25(10)47)13(35)22(44)19(41)7(1)31(8-2-5(14(36)23(45)20(8)42)17(39)29(51)26(48)11(2)33)9-3-6(15(37)24(46)21(9)43)18(40)30(52)27(49)12(3)34;13-3-1(4(14)8(18)11(21)7(3)17)2-5(15)9(19)12(22)10(20)6(2)16;8-6-1-3-7(4-2-6)10-5-9;1-11(9,10)7-4-2-6(8)3-5-7;7-5-1-3-6(4-2-5)11(8,9)10/h;;1-4H;2-5H,1H3;1-4H,(H2,8,9,10). The van der Waals surface area contributed by atoms with Crippen molar-refractivity contribution in [2.45, 2.75) is 14.7 Å². The predicted octanol–water partition coefficient (Wildman–Crippen LogP) is 12.0. The molecule has 0 fully saturated rings. The Morgan fingerprint density at radius 2 is 0.519 bits per heavy atom. The van der Waals surface area contributed by atoms with E-state index < -0.39 is 266 Å². The van der Waals surface area contributed by atoms with Gasteiger partial charge in [-0.1, -0.05) is 52.8 Å². The van der Waals surface area contributed by atoms with Crippen LogP contribution in [0.3, 0.4) is 0 Å². The number of hydrogen-bond donors (Lipinski definition) is 1. The number of sulfonamides is 1.